The van der Waals surface area contributed by atoms with Crippen molar-refractivity contribution in [2.45, 2.75) is 20.4 Å². The first-order valence-electron chi connectivity index (χ1n) is 9.85. The topological polar surface area (TPSA) is 95.5 Å². The zero-order valence-corrected chi connectivity index (χ0v) is 18.1. The Labute approximate surface area is 181 Å². The van der Waals surface area contributed by atoms with Gasteiger partial charge >= 0.3 is 5.89 Å². The third kappa shape index (κ3) is 5.91. The monoisotopic (exact) mass is 440 g/mol. The van der Waals surface area contributed by atoms with Crippen LogP contribution in [-0.2, 0) is 21.1 Å². The van der Waals surface area contributed by atoms with Crippen molar-refractivity contribution >= 4 is 44.0 Å². The number of aromatic nitrogens is 1. The summed E-state index contributed by atoms with van der Waals surface area (Å²) in [5.74, 6) is 0.840. The molecule has 4 rings (SSSR count). The Hall–Kier alpha value is -3.20. The molecule has 0 aliphatic carbocycles. The number of rotatable bonds is 6. The third-order valence-corrected chi connectivity index (χ3v) is 4.97. The van der Waals surface area contributed by atoms with Gasteiger partial charge in [0, 0.05) is 11.9 Å². The van der Waals surface area contributed by atoms with Gasteiger partial charge in [-0.2, -0.15) is 4.57 Å². The lowest BCUT2D eigenvalue weighted by atomic mass is 10.1. The molecule has 7 nitrogen and oxygen atoms in total. The molecular weight excluding hydrogens is 416 g/mol. The van der Waals surface area contributed by atoms with Gasteiger partial charge in [-0.3, -0.25) is 4.18 Å². The summed E-state index contributed by atoms with van der Waals surface area (Å²) >= 11 is 0. The summed E-state index contributed by atoms with van der Waals surface area (Å²) < 4.78 is 40.3. The third-order valence-electron chi connectivity index (χ3n) is 4.44. The summed E-state index contributed by atoms with van der Waals surface area (Å²) in [6, 6.07) is 22.7. The van der Waals surface area contributed by atoms with Crippen LogP contribution in [0.4, 0.5) is 5.69 Å². The zero-order chi connectivity index (χ0) is 22.3. The molecule has 0 atom stereocenters. The molecule has 0 saturated heterocycles. The Morgan fingerprint density at radius 2 is 1.74 bits per heavy atom. The molecule has 162 valence electrons. The number of fused-ring (bicyclic) bond motifs is 3. The molecule has 31 heavy (non-hydrogen) atoms. The Morgan fingerprint density at radius 1 is 1.03 bits per heavy atom. The van der Waals surface area contributed by atoms with Crippen LogP contribution in [0.25, 0.3) is 27.9 Å². The summed E-state index contributed by atoms with van der Waals surface area (Å²) in [5.41, 5.74) is 3.11. The zero-order valence-electron chi connectivity index (χ0n) is 17.3. The molecule has 0 unspecified atom stereocenters. The molecular formula is C23H24N2O5S. The van der Waals surface area contributed by atoms with Crippen LogP contribution < -0.4 is 9.88 Å². The summed E-state index contributed by atoms with van der Waals surface area (Å²) in [6.07, 6.45) is 3.90. The largest absolute Gasteiger partial charge is 0.726 e. The number of anilines is 1. The van der Waals surface area contributed by atoms with Crippen molar-refractivity contribution in [3.05, 3.63) is 78.8 Å². The van der Waals surface area contributed by atoms with Crippen LogP contribution in [0.5, 0.6) is 0 Å². The minimum absolute atomic E-state index is 0.0914. The normalized spacial score (nSPS) is 11.6. The quantitative estimate of drug-likeness (QED) is 0.270. The number of benzene rings is 3. The van der Waals surface area contributed by atoms with Gasteiger partial charge in [-0.25, -0.2) is 8.42 Å². The molecule has 1 heterocycles. The molecule has 0 aliphatic heterocycles. The number of hydrogen-bond donors (Lipinski definition) is 1. The van der Waals surface area contributed by atoms with E-state index < -0.39 is 10.4 Å². The highest BCUT2D eigenvalue weighted by Gasteiger charge is 2.21. The average molecular weight is 441 g/mol. The Kier molecular flexibility index (Phi) is 7.41. The minimum Gasteiger partial charge on any atom is -0.726 e. The molecule has 8 heteroatoms. The van der Waals surface area contributed by atoms with E-state index in [2.05, 4.69) is 51.3 Å². The molecule has 0 radical (unpaired) electrons. The predicted octanol–water partition coefficient (Wildman–Crippen LogP) is 4.46. The van der Waals surface area contributed by atoms with E-state index in [-0.39, 0.29) is 6.61 Å². The molecule has 3 aromatic carbocycles. The minimum atomic E-state index is -4.42. The molecule has 0 saturated carbocycles. The first-order chi connectivity index (χ1) is 14.9. The molecule has 1 aromatic heterocycles. The van der Waals surface area contributed by atoms with Crippen molar-refractivity contribution in [2.75, 3.05) is 11.9 Å². The van der Waals surface area contributed by atoms with E-state index in [9.17, 15) is 13.0 Å². The van der Waals surface area contributed by atoms with Gasteiger partial charge in [-0.15, -0.1) is 0 Å². The van der Waals surface area contributed by atoms with Crippen molar-refractivity contribution in [1.82, 2.24) is 0 Å². The van der Waals surface area contributed by atoms with E-state index in [4.69, 9.17) is 4.42 Å². The standard InChI is InChI=1S/C21H18N2O.C2H6O4S/c1-2-23-20(14-15-22-17-9-4-3-5-10-17)24-19-13-12-16-8-6-7-11-18(16)21(19)23;1-2-6-7(3,4)5/h3-15H,2H2,1H3;2H2,1H3,(H,3,4,5). The highest BCUT2D eigenvalue weighted by atomic mass is 32.3. The number of aryl methyl sites for hydroxylation is 1. The van der Waals surface area contributed by atoms with Crippen LogP contribution in [0.15, 0.2) is 77.3 Å². The second-order valence-corrected chi connectivity index (χ2v) is 7.53. The number of hydrogen-bond acceptors (Lipinski definition) is 6. The maximum absolute atomic E-state index is 9.45. The second-order valence-electron chi connectivity index (χ2n) is 6.48. The molecule has 0 aliphatic rings. The molecule has 1 N–H and O–H groups in total. The lowest BCUT2D eigenvalue weighted by molar-refractivity contribution is -0.673. The second kappa shape index (κ2) is 10.2. The molecule has 0 spiro atoms. The van der Waals surface area contributed by atoms with Crippen LogP contribution in [0, 0.1) is 0 Å². The van der Waals surface area contributed by atoms with Gasteiger partial charge < -0.3 is 14.3 Å². The average Bonchev–Trinajstić information content (AvgIpc) is 3.12. The van der Waals surface area contributed by atoms with Crippen molar-refractivity contribution < 1.29 is 26.1 Å². The smallest absolute Gasteiger partial charge is 0.375 e. The van der Waals surface area contributed by atoms with E-state index >= 15 is 0 Å². The fraction of sp³-hybridized carbons (Fsp3) is 0.174. The SMILES string of the molecule is CCOS(=O)(=O)[O-].CC[n+]1c(C=CNc2ccccc2)oc2ccc3ccccc3c21. The maximum Gasteiger partial charge on any atom is 0.375 e. The molecule has 0 bridgehead atoms. The number of nitrogens with zero attached hydrogens (tertiary/aromatic N) is 1. The number of oxazole rings is 1. The van der Waals surface area contributed by atoms with E-state index in [0.717, 1.165) is 29.2 Å². The predicted molar refractivity (Wildman–Crippen MR) is 120 cm³/mol. The van der Waals surface area contributed by atoms with Gasteiger partial charge in [-0.1, -0.05) is 42.5 Å². The van der Waals surface area contributed by atoms with Crippen molar-refractivity contribution in [3.63, 3.8) is 0 Å². The number of para-hydroxylation sites is 1. The number of nitrogens with one attached hydrogen (secondary N) is 1. The highest BCUT2D eigenvalue weighted by Crippen LogP contribution is 2.24. The van der Waals surface area contributed by atoms with Gasteiger partial charge in [0.1, 0.15) is 6.54 Å². The van der Waals surface area contributed by atoms with Crippen LogP contribution in [0.2, 0.25) is 0 Å². The summed E-state index contributed by atoms with van der Waals surface area (Å²) in [7, 11) is -4.42. The fourth-order valence-electron chi connectivity index (χ4n) is 3.20. The Bertz CT molecular complexity index is 1280. The highest BCUT2D eigenvalue weighted by molar-refractivity contribution is 7.80. The van der Waals surface area contributed by atoms with E-state index in [1.165, 1.54) is 17.7 Å². The van der Waals surface area contributed by atoms with Crippen LogP contribution in [0.1, 0.15) is 19.7 Å². The molecule has 4 aromatic rings. The maximum atomic E-state index is 9.45. The van der Waals surface area contributed by atoms with Gasteiger partial charge in [-0.05, 0) is 43.5 Å². The van der Waals surface area contributed by atoms with E-state index in [0.29, 0.717) is 0 Å². The van der Waals surface area contributed by atoms with Crippen LogP contribution in [-0.4, -0.2) is 19.6 Å². The van der Waals surface area contributed by atoms with E-state index in [1.807, 2.05) is 48.7 Å². The van der Waals surface area contributed by atoms with Crippen LogP contribution >= 0.6 is 0 Å². The van der Waals surface area contributed by atoms with Gasteiger partial charge in [0.2, 0.25) is 16.0 Å². The van der Waals surface area contributed by atoms with Crippen molar-refractivity contribution in [2.24, 2.45) is 0 Å². The van der Waals surface area contributed by atoms with Gasteiger partial charge in [0.25, 0.3) is 5.52 Å². The first-order valence-corrected chi connectivity index (χ1v) is 11.2. The first kappa shape index (κ1) is 22.5. The summed E-state index contributed by atoms with van der Waals surface area (Å²) in [6.45, 7) is 4.33. The van der Waals surface area contributed by atoms with Crippen molar-refractivity contribution in [1.29, 1.82) is 0 Å². The summed E-state index contributed by atoms with van der Waals surface area (Å²) in [4.78, 5) is 0. The fourth-order valence-corrected chi connectivity index (χ4v) is 3.49. The van der Waals surface area contributed by atoms with Crippen LogP contribution in [0.3, 0.4) is 0 Å². The van der Waals surface area contributed by atoms with E-state index in [1.54, 1.807) is 0 Å². The molecule has 0 fully saturated rings. The van der Waals surface area contributed by atoms with Crippen molar-refractivity contribution in [3.8, 4) is 0 Å². The molecule has 0 amide bonds. The Morgan fingerprint density at radius 3 is 2.39 bits per heavy atom. The lowest BCUT2D eigenvalue weighted by Crippen LogP contribution is -2.33. The summed E-state index contributed by atoms with van der Waals surface area (Å²) in [5, 5.41) is 5.72. The lowest BCUT2D eigenvalue weighted by Gasteiger charge is -2.02. The Balaban J connectivity index is 0.000000339. The van der Waals surface area contributed by atoms with Gasteiger partial charge in [0.05, 0.1) is 18.1 Å². The van der Waals surface area contributed by atoms with Gasteiger partial charge in [0.15, 0.2) is 0 Å².